The van der Waals surface area contributed by atoms with Crippen molar-refractivity contribution in [1.29, 1.82) is 0 Å². The lowest BCUT2D eigenvalue weighted by molar-refractivity contribution is 0.0931. The van der Waals surface area contributed by atoms with Gasteiger partial charge in [-0.05, 0) is 43.9 Å². The Hall–Kier alpha value is -3.14. The Morgan fingerprint density at radius 3 is 2.11 bits per heavy atom. The van der Waals surface area contributed by atoms with Gasteiger partial charge < -0.3 is 10.3 Å². The molecule has 0 radical (unpaired) electrons. The number of nitrogens with one attached hydrogen (secondary N) is 2. The van der Waals surface area contributed by atoms with E-state index in [1.54, 1.807) is 0 Å². The third kappa shape index (κ3) is 4.17. The van der Waals surface area contributed by atoms with Crippen LogP contribution in [0, 0.1) is 13.8 Å². The number of ketones is 1. The van der Waals surface area contributed by atoms with Gasteiger partial charge >= 0.3 is 0 Å². The first-order valence-electron chi connectivity index (χ1n) is 9.07. The Bertz CT molecular complexity index is 943. The van der Waals surface area contributed by atoms with Crippen LogP contribution in [0.5, 0.6) is 0 Å². The molecule has 0 spiro atoms. The number of benzene rings is 2. The number of aryl methyl sites for hydroxylation is 1. The van der Waals surface area contributed by atoms with Gasteiger partial charge in [-0.3, -0.25) is 9.59 Å². The number of aromatic nitrogens is 1. The van der Waals surface area contributed by atoms with Crippen LogP contribution >= 0.6 is 0 Å². The summed E-state index contributed by atoms with van der Waals surface area (Å²) in [5.74, 6) is -0.239. The summed E-state index contributed by atoms with van der Waals surface area (Å²) in [4.78, 5) is 27.9. The fraction of sp³-hybridized carbons (Fsp3) is 0.217. The van der Waals surface area contributed by atoms with E-state index in [-0.39, 0.29) is 17.7 Å². The van der Waals surface area contributed by atoms with Crippen molar-refractivity contribution in [2.75, 3.05) is 0 Å². The lowest BCUT2D eigenvalue weighted by Gasteiger charge is -2.19. The molecule has 3 aromatic rings. The van der Waals surface area contributed by atoms with Crippen LogP contribution in [0.15, 0.2) is 60.7 Å². The van der Waals surface area contributed by atoms with Gasteiger partial charge in [0, 0.05) is 11.3 Å². The number of Topliss-reactive ketones (excluding diaryl/α,β-unsaturated/α-hetero) is 1. The second kappa shape index (κ2) is 8.04. The number of hydrogen-bond acceptors (Lipinski definition) is 2. The van der Waals surface area contributed by atoms with Crippen molar-refractivity contribution in [3.8, 4) is 0 Å². The number of carbonyl (C=O) groups is 2. The molecule has 0 bridgehead atoms. The molecule has 0 saturated carbocycles. The van der Waals surface area contributed by atoms with E-state index in [1.165, 1.54) is 6.92 Å². The molecule has 138 valence electrons. The molecule has 1 amide bonds. The van der Waals surface area contributed by atoms with Crippen LogP contribution in [0.4, 0.5) is 0 Å². The normalized spacial score (nSPS) is 11.8. The highest BCUT2D eigenvalue weighted by Gasteiger charge is 2.22. The van der Waals surface area contributed by atoms with Gasteiger partial charge in [0.15, 0.2) is 5.78 Å². The zero-order valence-electron chi connectivity index (χ0n) is 15.9. The van der Waals surface area contributed by atoms with Crippen molar-refractivity contribution in [1.82, 2.24) is 10.3 Å². The third-order valence-corrected chi connectivity index (χ3v) is 4.81. The minimum Gasteiger partial charge on any atom is -0.354 e. The van der Waals surface area contributed by atoms with Gasteiger partial charge in [0.1, 0.15) is 5.69 Å². The highest BCUT2D eigenvalue weighted by molar-refractivity contribution is 6.02. The largest absolute Gasteiger partial charge is 0.354 e. The molecule has 3 rings (SSSR count). The summed E-state index contributed by atoms with van der Waals surface area (Å²) in [7, 11) is 0. The number of carbonyl (C=O) groups excluding carboxylic acids is 2. The van der Waals surface area contributed by atoms with Gasteiger partial charge in [-0.25, -0.2) is 0 Å². The SMILES string of the molecule is CC(=O)c1c(C)[nH]c(C(=O)N[C@H](Cc2ccccc2)c2ccccc2)c1C. The molecule has 0 saturated heterocycles. The third-order valence-electron chi connectivity index (χ3n) is 4.81. The molecule has 1 aromatic heterocycles. The van der Waals surface area contributed by atoms with Crippen LogP contribution in [0.2, 0.25) is 0 Å². The van der Waals surface area contributed by atoms with Gasteiger partial charge in [-0.1, -0.05) is 60.7 Å². The van der Waals surface area contributed by atoms with Crippen LogP contribution in [0.3, 0.4) is 0 Å². The van der Waals surface area contributed by atoms with Gasteiger partial charge in [0.25, 0.3) is 5.91 Å². The van der Waals surface area contributed by atoms with E-state index in [0.29, 0.717) is 23.2 Å². The second-order valence-corrected chi connectivity index (χ2v) is 6.81. The van der Waals surface area contributed by atoms with Crippen molar-refractivity contribution in [2.45, 2.75) is 33.2 Å². The summed E-state index contributed by atoms with van der Waals surface area (Å²) in [5, 5.41) is 3.14. The minimum absolute atomic E-state index is 0.0378. The molecule has 0 unspecified atom stereocenters. The van der Waals surface area contributed by atoms with E-state index in [0.717, 1.165) is 16.8 Å². The quantitative estimate of drug-likeness (QED) is 0.634. The fourth-order valence-electron chi connectivity index (χ4n) is 3.52. The Kier molecular flexibility index (Phi) is 5.55. The van der Waals surface area contributed by atoms with E-state index < -0.39 is 0 Å². The first-order chi connectivity index (χ1) is 13.0. The van der Waals surface area contributed by atoms with Crippen molar-refractivity contribution >= 4 is 11.7 Å². The highest BCUT2D eigenvalue weighted by atomic mass is 16.2. The van der Waals surface area contributed by atoms with Crippen molar-refractivity contribution in [3.63, 3.8) is 0 Å². The van der Waals surface area contributed by atoms with Gasteiger partial charge in [0.2, 0.25) is 0 Å². The number of aromatic amines is 1. The lowest BCUT2D eigenvalue weighted by Crippen LogP contribution is -2.30. The highest BCUT2D eigenvalue weighted by Crippen LogP contribution is 2.22. The number of amides is 1. The molecular weight excluding hydrogens is 336 g/mol. The van der Waals surface area contributed by atoms with Crippen molar-refractivity contribution in [2.24, 2.45) is 0 Å². The minimum atomic E-state index is -0.201. The molecule has 1 heterocycles. The predicted octanol–water partition coefficient (Wildman–Crippen LogP) is 4.55. The van der Waals surface area contributed by atoms with E-state index in [2.05, 4.69) is 22.4 Å². The summed E-state index contributed by atoms with van der Waals surface area (Å²) in [6.45, 7) is 5.15. The molecule has 0 aliphatic rings. The topological polar surface area (TPSA) is 62.0 Å². The number of hydrogen-bond donors (Lipinski definition) is 2. The maximum absolute atomic E-state index is 13.0. The van der Waals surface area contributed by atoms with Gasteiger partial charge in [-0.2, -0.15) is 0 Å². The fourth-order valence-corrected chi connectivity index (χ4v) is 3.52. The Morgan fingerprint density at radius 2 is 1.56 bits per heavy atom. The molecule has 0 aliphatic heterocycles. The first-order valence-corrected chi connectivity index (χ1v) is 9.07. The molecule has 2 N–H and O–H groups in total. The summed E-state index contributed by atoms with van der Waals surface area (Å²) >= 11 is 0. The molecule has 4 nitrogen and oxygen atoms in total. The smallest absolute Gasteiger partial charge is 0.268 e. The summed E-state index contributed by atoms with van der Waals surface area (Å²) < 4.78 is 0. The number of rotatable bonds is 6. The van der Waals surface area contributed by atoms with E-state index in [9.17, 15) is 9.59 Å². The zero-order valence-corrected chi connectivity index (χ0v) is 15.9. The molecule has 0 fully saturated rings. The summed E-state index contributed by atoms with van der Waals surface area (Å²) in [6, 6.07) is 19.9. The maximum atomic E-state index is 13.0. The first kappa shape index (κ1) is 18.6. The van der Waals surface area contributed by atoms with Crippen LogP contribution < -0.4 is 5.32 Å². The maximum Gasteiger partial charge on any atom is 0.268 e. The molecule has 4 heteroatoms. The molecule has 27 heavy (non-hydrogen) atoms. The van der Waals surface area contributed by atoms with Gasteiger partial charge in [0.05, 0.1) is 6.04 Å². The van der Waals surface area contributed by atoms with Crippen molar-refractivity contribution in [3.05, 3.63) is 94.3 Å². The molecule has 1 atom stereocenters. The second-order valence-electron chi connectivity index (χ2n) is 6.81. The number of H-pyrrole nitrogens is 1. The van der Waals surface area contributed by atoms with Crippen LogP contribution in [0.25, 0.3) is 0 Å². The summed E-state index contributed by atoms with van der Waals surface area (Å²) in [5.41, 5.74) is 4.66. The monoisotopic (exact) mass is 360 g/mol. The van der Waals surface area contributed by atoms with Crippen LogP contribution in [-0.2, 0) is 6.42 Å². The van der Waals surface area contributed by atoms with E-state index in [4.69, 9.17) is 0 Å². The predicted molar refractivity (Wildman–Crippen MR) is 107 cm³/mol. The average Bonchev–Trinajstić information content (AvgIpc) is 2.97. The molecule has 0 aliphatic carbocycles. The molecular formula is C23H24N2O2. The average molecular weight is 360 g/mol. The van der Waals surface area contributed by atoms with Crippen LogP contribution in [-0.4, -0.2) is 16.7 Å². The Labute approximate surface area is 159 Å². The summed E-state index contributed by atoms with van der Waals surface area (Å²) in [6.07, 6.45) is 0.689. The Morgan fingerprint density at radius 1 is 0.963 bits per heavy atom. The van der Waals surface area contributed by atoms with Crippen molar-refractivity contribution < 1.29 is 9.59 Å². The lowest BCUT2D eigenvalue weighted by atomic mass is 9.98. The van der Waals surface area contributed by atoms with Crippen LogP contribution in [0.1, 0.15) is 56.2 Å². The molecule has 2 aromatic carbocycles. The van der Waals surface area contributed by atoms with Gasteiger partial charge in [-0.15, -0.1) is 0 Å². The van der Waals surface area contributed by atoms with E-state index in [1.807, 2.05) is 62.4 Å². The van der Waals surface area contributed by atoms with E-state index >= 15 is 0 Å². The Balaban J connectivity index is 1.89. The zero-order chi connectivity index (χ0) is 19.4. The standard InChI is InChI=1S/C23H24N2O2/c1-15-21(17(3)26)16(2)24-22(15)23(27)25-20(19-12-8-5-9-13-19)14-18-10-6-4-7-11-18/h4-13,20,24H,14H2,1-3H3,(H,25,27)/t20-/m1/s1.